The Morgan fingerprint density at radius 1 is 1.54 bits per heavy atom. The average Bonchev–Trinajstić information content (AvgIpc) is 2.13. The lowest BCUT2D eigenvalue weighted by Gasteiger charge is -2.52. The Hall–Kier alpha value is -0.810. The van der Waals surface area contributed by atoms with Crippen molar-refractivity contribution < 1.29 is 9.53 Å². The number of ether oxygens (including phenoxy) is 1. The molecule has 13 heavy (non-hydrogen) atoms. The van der Waals surface area contributed by atoms with Gasteiger partial charge in [-0.2, -0.15) is 0 Å². The smallest absolute Gasteiger partial charge is 0.312 e. The molecule has 5 N–H and O–H groups in total. The predicted octanol–water partition coefficient (Wildman–Crippen LogP) is -0.841. The fraction of sp³-hybridized carbons (Fsp3) is 0.875. The lowest BCUT2D eigenvalue weighted by molar-refractivity contribution is -0.116. The van der Waals surface area contributed by atoms with Gasteiger partial charge < -0.3 is 21.5 Å². The van der Waals surface area contributed by atoms with Crippen LogP contribution in [0.25, 0.3) is 0 Å². The summed E-state index contributed by atoms with van der Waals surface area (Å²) in [7, 11) is 0. The van der Waals surface area contributed by atoms with Crippen molar-refractivity contribution in [3.63, 3.8) is 0 Å². The van der Waals surface area contributed by atoms with Crippen molar-refractivity contribution in [2.75, 3.05) is 6.61 Å². The van der Waals surface area contributed by atoms with Gasteiger partial charge in [-0.05, 0) is 12.8 Å². The second kappa shape index (κ2) is 3.16. The maximum atomic E-state index is 10.6. The van der Waals surface area contributed by atoms with E-state index in [-0.39, 0.29) is 18.2 Å². The summed E-state index contributed by atoms with van der Waals surface area (Å²) in [4.78, 5) is 10.6. The predicted molar refractivity (Wildman–Crippen MR) is 46.9 cm³/mol. The molecule has 0 aromatic rings. The fourth-order valence-corrected chi connectivity index (χ4v) is 2.29. The van der Waals surface area contributed by atoms with E-state index in [2.05, 4.69) is 5.32 Å². The lowest BCUT2D eigenvalue weighted by Crippen LogP contribution is -2.72. The fourth-order valence-electron chi connectivity index (χ4n) is 2.29. The Balaban J connectivity index is 1.94. The van der Waals surface area contributed by atoms with E-state index >= 15 is 0 Å². The first-order valence-corrected chi connectivity index (χ1v) is 4.63. The lowest BCUT2D eigenvalue weighted by atomic mass is 9.69. The molecule has 4 unspecified atom stereocenters. The molecule has 0 bridgehead atoms. The van der Waals surface area contributed by atoms with E-state index in [1.165, 1.54) is 0 Å². The molecule has 74 valence electrons. The van der Waals surface area contributed by atoms with E-state index in [9.17, 15) is 4.79 Å². The van der Waals surface area contributed by atoms with Gasteiger partial charge in [0.05, 0.1) is 12.1 Å². The number of carbonyl (C=O) groups excluding carboxylic acids is 1. The van der Waals surface area contributed by atoms with E-state index in [4.69, 9.17) is 16.2 Å². The summed E-state index contributed by atoms with van der Waals surface area (Å²) in [5.41, 5.74) is 10.9. The molecule has 2 amide bonds. The first-order chi connectivity index (χ1) is 6.20. The molecule has 0 aromatic carbocycles. The molecule has 2 fully saturated rings. The third kappa shape index (κ3) is 1.38. The minimum absolute atomic E-state index is 0.0119. The molecule has 4 atom stereocenters. The van der Waals surface area contributed by atoms with E-state index in [0.29, 0.717) is 5.92 Å². The molecule has 0 radical (unpaired) electrons. The average molecular weight is 185 g/mol. The van der Waals surface area contributed by atoms with Crippen molar-refractivity contribution in [1.82, 2.24) is 5.32 Å². The summed E-state index contributed by atoms with van der Waals surface area (Å²) >= 11 is 0. The number of nitrogens with one attached hydrogen (secondary N) is 1. The van der Waals surface area contributed by atoms with Gasteiger partial charge in [-0.3, -0.25) is 0 Å². The zero-order valence-corrected chi connectivity index (χ0v) is 7.40. The second-order valence-electron chi connectivity index (χ2n) is 3.75. The highest BCUT2D eigenvalue weighted by molar-refractivity contribution is 5.72. The molecule has 5 heteroatoms. The molecule has 2 rings (SSSR count). The van der Waals surface area contributed by atoms with Crippen LogP contribution < -0.4 is 16.8 Å². The van der Waals surface area contributed by atoms with Crippen molar-refractivity contribution in [3.8, 4) is 0 Å². The van der Waals surface area contributed by atoms with Crippen LogP contribution in [-0.2, 0) is 4.74 Å². The number of primary amides is 1. The van der Waals surface area contributed by atoms with Crippen LogP contribution in [0.3, 0.4) is 0 Å². The van der Waals surface area contributed by atoms with Crippen LogP contribution in [0, 0.1) is 5.92 Å². The van der Waals surface area contributed by atoms with Gasteiger partial charge in [0, 0.05) is 18.6 Å². The number of fused-ring (bicyclic) bond motifs is 1. The highest BCUT2D eigenvalue weighted by Crippen LogP contribution is 2.36. The SMILES string of the molecule is NC(=O)NC1C(N)C2CCCOC21. The second-order valence-corrected chi connectivity index (χ2v) is 3.75. The van der Waals surface area contributed by atoms with E-state index in [0.717, 1.165) is 19.4 Å². The highest BCUT2D eigenvalue weighted by Gasteiger charge is 2.50. The summed E-state index contributed by atoms with van der Waals surface area (Å²) in [6.07, 6.45) is 2.26. The molecule has 1 saturated heterocycles. The topological polar surface area (TPSA) is 90.4 Å². The Labute approximate surface area is 76.8 Å². The van der Waals surface area contributed by atoms with E-state index in [1.807, 2.05) is 0 Å². The molecular formula is C8H15N3O2. The zero-order chi connectivity index (χ0) is 9.42. The van der Waals surface area contributed by atoms with Crippen LogP contribution in [0.5, 0.6) is 0 Å². The third-order valence-corrected chi connectivity index (χ3v) is 2.99. The van der Waals surface area contributed by atoms with Crippen LogP contribution >= 0.6 is 0 Å². The van der Waals surface area contributed by atoms with Crippen molar-refractivity contribution in [3.05, 3.63) is 0 Å². The maximum Gasteiger partial charge on any atom is 0.312 e. The number of hydrogen-bond donors (Lipinski definition) is 3. The normalized spacial score (nSPS) is 43.2. The molecular weight excluding hydrogens is 170 g/mol. The summed E-state index contributed by atoms with van der Waals surface area (Å²) in [6, 6.07) is -0.589. The van der Waals surface area contributed by atoms with Crippen LogP contribution in [-0.4, -0.2) is 30.8 Å². The largest absolute Gasteiger partial charge is 0.376 e. The van der Waals surface area contributed by atoms with E-state index in [1.54, 1.807) is 0 Å². The maximum absolute atomic E-state index is 10.6. The van der Waals surface area contributed by atoms with Gasteiger partial charge in [0.2, 0.25) is 0 Å². The van der Waals surface area contributed by atoms with Crippen molar-refractivity contribution >= 4 is 6.03 Å². The van der Waals surface area contributed by atoms with Gasteiger partial charge in [0.25, 0.3) is 0 Å². The summed E-state index contributed by atoms with van der Waals surface area (Å²) in [5, 5.41) is 2.62. The Morgan fingerprint density at radius 3 is 3.00 bits per heavy atom. The van der Waals surface area contributed by atoms with Crippen LogP contribution in [0.2, 0.25) is 0 Å². The van der Waals surface area contributed by atoms with Crippen LogP contribution in [0.4, 0.5) is 4.79 Å². The molecule has 1 saturated carbocycles. The number of hydrogen-bond acceptors (Lipinski definition) is 3. The summed E-state index contributed by atoms with van der Waals surface area (Å²) in [5.74, 6) is 0.408. The Kier molecular flexibility index (Phi) is 2.13. The third-order valence-electron chi connectivity index (χ3n) is 2.99. The molecule has 0 spiro atoms. The van der Waals surface area contributed by atoms with Crippen molar-refractivity contribution in [2.45, 2.75) is 31.0 Å². The molecule has 1 heterocycles. The van der Waals surface area contributed by atoms with Crippen LogP contribution in [0.15, 0.2) is 0 Å². The number of nitrogens with two attached hydrogens (primary N) is 2. The number of amides is 2. The van der Waals surface area contributed by atoms with Gasteiger partial charge in [-0.25, -0.2) is 4.79 Å². The van der Waals surface area contributed by atoms with Crippen molar-refractivity contribution in [2.24, 2.45) is 17.4 Å². The summed E-state index contributed by atoms with van der Waals surface area (Å²) in [6.45, 7) is 0.769. The molecule has 0 aromatic heterocycles. The van der Waals surface area contributed by atoms with Crippen LogP contribution in [0.1, 0.15) is 12.8 Å². The van der Waals surface area contributed by atoms with E-state index < -0.39 is 6.03 Å². The monoisotopic (exact) mass is 185 g/mol. The molecule has 1 aliphatic heterocycles. The first kappa shape index (κ1) is 8.77. The van der Waals surface area contributed by atoms with Gasteiger partial charge in [0.15, 0.2) is 0 Å². The van der Waals surface area contributed by atoms with Gasteiger partial charge in [-0.15, -0.1) is 0 Å². The highest BCUT2D eigenvalue weighted by atomic mass is 16.5. The summed E-state index contributed by atoms with van der Waals surface area (Å²) < 4.78 is 5.51. The number of carbonyl (C=O) groups is 1. The zero-order valence-electron chi connectivity index (χ0n) is 7.40. The Bertz CT molecular complexity index is 221. The molecule has 5 nitrogen and oxygen atoms in total. The van der Waals surface area contributed by atoms with Gasteiger partial charge in [-0.1, -0.05) is 0 Å². The molecule has 1 aliphatic carbocycles. The van der Waals surface area contributed by atoms with Crippen molar-refractivity contribution in [1.29, 1.82) is 0 Å². The number of rotatable bonds is 1. The van der Waals surface area contributed by atoms with Gasteiger partial charge >= 0.3 is 6.03 Å². The first-order valence-electron chi connectivity index (χ1n) is 4.63. The quantitative estimate of drug-likeness (QED) is 0.497. The molecule has 2 aliphatic rings. The minimum Gasteiger partial charge on any atom is -0.376 e. The standard InChI is InChI=1S/C8H15N3O2/c9-5-4-2-1-3-13-7(4)6(5)11-8(10)12/h4-7H,1-3,9H2,(H3,10,11,12). The van der Waals surface area contributed by atoms with Gasteiger partial charge in [0.1, 0.15) is 0 Å². The Morgan fingerprint density at radius 2 is 2.31 bits per heavy atom. The minimum atomic E-state index is -0.520. The number of urea groups is 1.